The molecule has 3 aromatic rings. The van der Waals surface area contributed by atoms with Gasteiger partial charge in [0, 0.05) is 31.6 Å². The van der Waals surface area contributed by atoms with Crippen LogP contribution in [0.2, 0.25) is 0 Å². The number of halogens is 1. The van der Waals surface area contributed by atoms with E-state index >= 15 is 0 Å². The third-order valence-electron chi connectivity index (χ3n) is 4.45. The van der Waals surface area contributed by atoms with Gasteiger partial charge in [-0.1, -0.05) is 18.2 Å². The highest BCUT2D eigenvalue weighted by Crippen LogP contribution is 2.22. The lowest BCUT2D eigenvalue weighted by atomic mass is 10.2. The summed E-state index contributed by atoms with van der Waals surface area (Å²) in [5.41, 5.74) is 1.02. The molecular formula is C18H17FN4O2. The molecule has 3 heterocycles. The molecule has 4 rings (SSSR count). The quantitative estimate of drug-likeness (QED) is 0.718. The minimum atomic E-state index is -0.403. The van der Waals surface area contributed by atoms with Crippen LogP contribution in [0.3, 0.4) is 0 Å². The molecular weight excluding hydrogens is 323 g/mol. The van der Waals surface area contributed by atoms with Gasteiger partial charge in [0.05, 0.1) is 5.69 Å². The first-order valence-electron chi connectivity index (χ1n) is 8.13. The van der Waals surface area contributed by atoms with Crippen LogP contribution in [0, 0.1) is 12.7 Å². The molecule has 0 atom stereocenters. The number of hydrogen-bond acceptors (Lipinski definition) is 5. The molecule has 1 aliphatic heterocycles. The van der Waals surface area contributed by atoms with Gasteiger partial charge >= 0.3 is 0 Å². The van der Waals surface area contributed by atoms with E-state index in [9.17, 15) is 9.18 Å². The van der Waals surface area contributed by atoms with Gasteiger partial charge in [0.15, 0.2) is 17.4 Å². The van der Waals surface area contributed by atoms with E-state index in [1.54, 1.807) is 17.9 Å². The first kappa shape index (κ1) is 15.6. The first-order valence-corrected chi connectivity index (χ1v) is 8.13. The van der Waals surface area contributed by atoms with E-state index in [4.69, 9.17) is 4.42 Å². The van der Waals surface area contributed by atoms with Crippen molar-refractivity contribution in [1.29, 1.82) is 0 Å². The van der Waals surface area contributed by atoms with Crippen molar-refractivity contribution in [3.63, 3.8) is 0 Å². The van der Waals surface area contributed by atoms with Crippen molar-refractivity contribution in [3.05, 3.63) is 53.9 Å². The number of carbonyl (C=O) groups excluding carboxylic acids is 1. The van der Waals surface area contributed by atoms with E-state index in [0.29, 0.717) is 49.0 Å². The number of benzene rings is 1. The number of para-hydroxylation sites is 1. The molecule has 7 heteroatoms. The molecule has 1 saturated heterocycles. The number of furan rings is 1. The maximum atomic E-state index is 14.2. The van der Waals surface area contributed by atoms with Gasteiger partial charge in [-0.05, 0) is 19.1 Å². The maximum Gasteiger partial charge on any atom is 0.289 e. The molecule has 0 saturated carbocycles. The number of hydrogen-bond donors (Lipinski definition) is 0. The van der Waals surface area contributed by atoms with Gasteiger partial charge < -0.3 is 14.2 Å². The van der Waals surface area contributed by atoms with E-state index in [1.165, 1.54) is 6.33 Å². The zero-order chi connectivity index (χ0) is 17.4. The summed E-state index contributed by atoms with van der Waals surface area (Å²) in [5, 5.41) is 0.906. The van der Waals surface area contributed by atoms with Gasteiger partial charge in [0.25, 0.3) is 5.91 Å². The summed E-state index contributed by atoms with van der Waals surface area (Å²) in [6, 6.07) is 9.29. The Bertz CT molecular complexity index is 899. The van der Waals surface area contributed by atoms with Crippen LogP contribution in [-0.4, -0.2) is 47.0 Å². The number of aromatic nitrogens is 2. The second-order valence-electron chi connectivity index (χ2n) is 6.02. The number of nitrogens with zero attached hydrogens (tertiary/aromatic N) is 4. The molecule has 1 fully saturated rings. The van der Waals surface area contributed by atoms with Crippen molar-refractivity contribution >= 4 is 22.7 Å². The standard InChI is InChI=1S/C18H17FN4O2/c1-12-16(19)17(21-11-20-12)22-6-8-23(9-7-22)18(24)15-10-13-4-2-3-5-14(13)25-15/h2-5,10-11H,6-9H2,1H3. The lowest BCUT2D eigenvalue weighted by Crippen LogP contribution is -2.49. The van der Waals surface area contributed by atoms with Gasteiger partial charge in [-0.3, -0.25) is 4.79 Å². The molecule has 25 heavy (non-hydrogen) atoms. The Hall–Kier alpha value is -2.96. The fourth-order valence-electron chi connectivity index (χ4n) is 3.03. The average Bonchev–Trinajstić information content (AvgIpc) is 3.08. The number of fused-ring (bicyclic) bond motifs is 1. The lowest BCUT2D eigenvalue weighted by molar-refractivity contribution is 0.0716. The zero-order valence-corrected chi connectivity index (χ0v) is 13.8. The van der Waals surface area contributed by atoms with Crippen molar-refractivity contribution in [2.45, 2.75) is 6.92 Å². The summed E-state index contributed by atoms with van der Waals surface area (Å²) in [6.45, 7) is 3.61. The van der Waals surface area contributed by atoms with E-state index in [0.717, 1.165) is 5.39 Å². The van der Waals surface area contributed by atoms with E-state index < -0.39 is 5.82 Å². The number of anilines is 1. The first-order chi connectivity index (χ1) is 12.1. The van der Waals surface area contributed by atoms with Crippen molar-refractivity contribution in [1.82, 2.24) is 14.9 Å². The molecule has 1 aromatic carbocycles. The smallest absolute Gasteiger partial charge is 0.289 e. The zero-order valence-electron chi connectivity index (χ0n) is 13.8. The van der Waals surface area contributed by atoms with Crippen molar-refractivity contribution in [2.75, 3.05) is 31.1 Å². The van der Waals surface area contributed by atoms with Gasteiger partial charge in [-0.15, -0.1) is 0 Å². The number of amides is 1. The topological polar surface area (TPSA) is 62.5 Å². The third-order valence-corrected chi connectivity index (χ3v) is 4.45. The molecule has 1 aliphatic rings. The molecule has 6 nitrogen and oxygen atoms in total. The summed E-state index contributed by atoms with van der Waals surface area (Å²) in [4.78, 5) is 24.1. The van der Waals surface area contributed by atoms with E-state index in [-0.39, 0.29) is 5.91 Å². The number of carbonyl (C=O) groups is 1. The largest absolute Gasteiger partial charge is 0.451 e. The summed E-state index contributed by atoms with van der Waals surface area (Å²) in [7, 11) is 0. The second kappa shape index (κ2) is 6.16. The van der Waals surface area contributed by atoms with Crippen LogP contribution in [-0.2, 0) is 0 Å². The van der Waals surface area contributed by atoms with Crippen LogP contribution < -0.4 is 4.90 Å². The average molecular weight is 340 g/mol. The van der Waals surface area contributed by atoms with E-state index in [2.05, 4.69) is 9.97 Å². The molecule has 0 N–H and O–H groups in total. The summed E-state index contributed by atoms with van der Waals surface area (Å²) in [6.07, 6.45) is 1.36. The lowest BCUT2D eigenvalue weighted by Gasteiger charge is -2.35. The highest BCUT2D eigenvalue weighted by Gasteiger charge is 2.26. The predicted octanol–water partition coefficient (Wildman–Crippen LogP) is 2.63. The van der Waals surface area contributed by atoms with Crippen LogP contribution >= 0.6 is 0 Å². The van der Waals surface area contributed by atoms with Crippen molar-refractivity contribution in [2.24, 2.45) is 0 Å². The van der Waals surface area contributed by atoms with E-state index in [1.807, 2.05) is 29.2 Å². The highest BCUT2D eigenvalue weighted by atomic mass is 19.1. The van der Waals surface area contributed by atoms with Crippen molar-refractivity contribution < 1.29 is 13.6 Å². The maximum absolute atomic E-state index is 14.2. The molecule has 2 aromatic heterocycles. The van der Waals surface area contributed by atoms with Crippen LogP contribution in [0.1, 0.15) is 16.2 Å². The fraction of sp³-hybridized carbons (Fsp3) is 0.278. The molecule has 0 spiro atoms. The van der Waals surface area contributed by atoms with Gasteiger partial charge in [0.2, 0.25) is 0 Å². The Kier molecular flexibility index (Phi) is 3.83. The Balaban J connectivity index is 1.48. The number of rotatable bonds is 2. The van der Waals surface area contributed by atoms with Gasteiger partial charge in [-0.2, -0.15) is 0 Å². The second-order valence-corrected chi connectivity index (χ2v) is 6.02. The minimum absolute atomic E-state index is 0.143. The van der Waals surface area contributed by atoms with Gasteiger partial charge in [-0.25, -0.2) is 14.4 Å². The highest BCUT2D eigenvalue weighted by molar-refractivity contribution is 5.96. The van der Waals surface area contributed by atoms with Crippen LogP contribution in [0.4, 0.5) is 10.2 Å². The Morgan fingerprint density at radius 2 is 1.92 bits per heavy atom. The molecule has 0 radical (unpaired) electrons. The van der Waals surface area contributed by atoms with Gasteiger partial charge in [0.1, 0.15) is 11.9 Å². The normalized spacial score (nSPS) is 15.0. The number of aryl methyl sites for hydroxylation is 1. The summed E-state index contributed by atoms with van der Waals surface area (Å²) in [5.74, 6) is 0.0804. The Morgan fingerprint density at radius 3 is 2.68 bits per heavy atom. The summed E-state index contributed by atoms with van der Waals surface area (Å²) >= 11 is 0. The third kappa shape index (κ3) is 2.82. The molecule has 0 bridgehead atoms. The van der Waals surface area contributed by atoms with Crippen LogP contribution in [0.25, 0.3) is 11.0 Å². The fourth-order valence-corrected chi connectivity index (χ4v) is 3.03. The molecule has 128 valence electrons. The predicted molar refractivity (Wildman–Crippen MR) is 91.1 cm³/mol. The SMILES string of the molecule is Cc1ncnc(N2CCN(C(=O)c3cc4ccccc4o3)CC2)c1F. The van der Waals surface area contributed by atoms with Crippen molar-refractivity contribution in [3.8, 4) is 0 Å². The molecule has 0 unspecified atom stereocenters. The Labute approximate surface area is 143 Å². The van der Waals surface area contributed by atoms with Crippen LogP contribution in [0.5, 0.6) is 0 Å². The van der Waals surface area contributed by atoms with Crippen LogP contribution in [0.15, 0.2) is 41.1 Å². The number of piperazine rings is 1. The summed E-state index contributed by atoms with van der Waals surface area (Å²) < 4.78 is 19.8. The minimum Gasteiger partial charge on any atom is -0.451 e. The monoisotopic (exact) mass is 340 g/mol. The molecule has 1 amide bonds. The Morgan fingerprint density at radius 1 is 1.16 bits per heavy atom. The molecule has 0 aliphatic carbocycles.